The summed E-state index contributed by atoms with van der Waals surface area (Å²) in [7, 11) is 0. The third-order valence-electron chi connectivity index (χ3n) is 6.35. The molecular formula is C21H28ClN2O+. The quantitative estimate of drug-likeness (QED) is 0.846. The smallest absolute Gasteiger partial charge is 0.198 e. The maximum atomic E-state index is 13.1. The first-order valence-electron chi connectivity index (χ1n) is 9.31. The Bertz CT molecular complexity index is 901. The molecule has 1 aliphatic heterocycles. The molecule has 0 radical (unpaired) electrons. The van der Waals surface area contributed by atoms with Crippen LogP contribution in [0.4, 0.5) is 0 Å². The van der Waals surface area contributed by atoms with Crippen molar-refractivity contribution in [1.29, 1.82) is 0 Å². The predicted molar refractivity (Wildman–Crippen MR) is 103 cm³/mol. The summed E-state index contributed by atoms with van der Waals surface area (Å²) in [5.41, 5.74) is 3.78. The Morgan fingerprint density at radius 3 is 2.80 bits per heavy atom. The highest BCUT2D eigenvalue weighted by Gasteiger charge is 2.52. The second kappa shape index (κ2) is 5.59. The van der Waals surface area contributed by atoms with E-state index in [0.717, 1.165) is 23.3 Å². The number of rotatable bonds is 2. The first-order valence-corrected chi connectivity index (χ1v) is 9.69. The third-order valence-corrected chi connectivity index (χ3v) is 6.59. The van der Waals surface area contributed by atoms with Crippen molar-refractivity contribution in [2.75, 3.05) is 6.54 Å². The van der Waals surface area contributed by atoms with Gasteiger partial charge in [-0.05, 0) is 37.0 Å². The second-order valence-electron chi connectivity index (χ2n) is 9.52. The minimum absolute atomic E-state index is 0.145. The Morgan fingerprint density at radius 2 is 2.04 bits per heavy atom. The largest absolute Gasteiger partial charge is 0.358 e. The zero-order valence-electron chi connectivity index (χ0n) is 15.6. The molecule has 1 aromatic carbocycles. The topological polar surface area (TPSA) is 37.3 Å². The van der Waals surface area contributed by atoms with Crippen LogP contribution in [-0.4, -0.2) is 17.6 Å². The molecule has 2 aromatic rings. The molecule has 2 fully saturated rings. The van der Waals surface area contributed by atoms with Gasteiger partial charge in [0.15, 0.2) is 5.43 Å². The minimum Gasteiger partial charge on any atom is -0.358 e. The van der Waals surface area contributed by atoms with Crippen LogP contribution in [0.15, 0.2) is 23.0 Å². The lowest BCUT2D eigenvalue weighted by Crippen LogP contribution is -3.12. The number of fused-ring (bicyclic) bond motifs is 3. The highest BCUT2D eigenvalue weighted by molar-refractivity contribution is 6.31. The van der Waals surface area contributed by atoms with Gasteiger partial charge in [-0.25, -0.2) is 0 Å². The van der Waals surface area contributed by atoms with Crippen molar-refractivity contribution in [3.8, 4) is 0 Å². The summed E-state index contributed by atoms with van der Waals surface area (Å²) < 4.78 is 0. The molecular weight excluding hydrogens is 332 g/mol. The molecule has 3 atom stereocenters. The average Bonchev–Trinajstić information content (AvgIpc) is 2.73. The third kappa shape index (κ3) is 3.02. The Balaban J connectivity index is 1.71. The van der Waals surface area contributed by atoms with Crippen LogP contribution in [-0.2, 0) is 6.54 Å². The van der Waals surface area contributed by atoms with Crippen molar-refractivity contribution >= 4 is 22.5 Å². The first kappa shape index (κ1) is 17.1. The monoisotopic (exact) mass is 359 g/mol. The van der Waals surface area contributed by atoms with Gasteiger partial charge in [0.05, 0.1) is 18.2 Å². The van der Waals surface area contributed by atoms with Crippen LogP contribution in [0.5, 0.6) is 0 Å². The Kier molecular flexibility index (Phi) is 3.82. The molecule has 2 bridgehead atoms. The lowest BCUT2D eigenvalue weighted by Gasteiger charge is -2.37. The minimum atomic E-state index is 0.145. The Labute approximate surface area is 154 Å². The van der Waals surface area contributed by atoms with Crippen LogP contribution in [0.3, 0.4) is 0 Å². The summed E-state index contributed by atoms with van der Waals surface area (Å²) in [4.78, 5) is 18.1. The summed E-state index contributed by atoms with van der Waals surface area (Å²) in [6.45, 7) is 11.3. The summed E-state index contributed by atoms with van der Waals surface area (Å²) in [5, 5.41) is 1.33. The number of pyridine rings is 1. The molecule has 4 heteroatoms. The molecule has 1 aliphatic carbocycles. The number of nitrogens with one attached hydrogen (secondary N) is 2. The van der Waals surface area contributed by atoms with Crippen molar-refractivity contribution in [2.45, 2.75) is 59.5 Å². The van der Waals surface area contributed by atoms with Crippen molar-refractivity contribution < 1.29 is 4.90 Å². The molecule has 2 heterocycles. The van der Waals surface area contributed by atoms with Crippen molar-refractivity contribution in [3.63, 3.8) is 0 Å². The number of aromatic amines is 1. The van der Waals surface area contributed by atoms with Gasteiger partial charge in [-0.3, -0.25) is 4.79 Å². The number of halogens is 1. The second-order valence-corrected chi connectivity index (χ2v) is 9.95. The van der Waals surface area contributed by atoms with Crippen LogP contribution in [0.2, 0.25) is 5.02 Å². The maximum Gasteiger partial charge on any atom is 0.198 e. The van der Waals surface area contributed by atoms with Crippen LogP contribution in [0, 0.1) is 17.8 Å². The fourth-order valence-electron chi connectivity index (χ4n) is 5.82. The number of quaternary nitrogens is 1. The zero-order chi connectivity index (χ0) is 18.0. The number of aromatic nitrogens is 1. The van der Waals surface area contributed by atoms with E-state index in [-0.39, 0.29) is 5.43 Å². The molecule has 0 spiro atoms. The van der Waals surface area contributed by atoms with Crippen LogP contribution in [0.1, 0.15) is 51.3 Å². The number of hydrogen-bond donors (Lipinski definition) is 2. The lowest BCUT2D eigenvalue weighted by molar-refractivity contribution is -0.928. The van der Waals surface area contributed by atoms with Gasteiger partial charge in [-0.1, -0.05) is 32.4 Å². The predicted octanol–water partition coefficient (Wildman–Crippen LogP) is 3.47. The van der Waals surface area contributed by atoms with Gasteiger partial charge in [-0.2, -0.15) is 0 Å². The highest BCUT2D eigenvalue weighted by Crippen LogP contribution is 2.47. The van der Waals surface area contributed by atoms with Crippen LogP contribution < -0.4 is 10.3 Å². The first-order chi connectivity index (χ1) is 11.7. The van der Waals surface area contributed by atoms with E-state index in [1.54, 1.807) is 11.0 Å². The number of H-pyrrole nitrogens is 1. The number of benzene rings is 1. The molecule has 4 rings (SSSR count). The van der Waals surface area contributed by atoms with Gasteiger partial charge in [-0.15, -0.1) is 0 Å². The molecule has 3 unspecified atom stereocenters. The number of hydrogen-bond acceptors (Lipinski definition) is 1. The summed E-state index contributed by atoms with van der Waals surface area (Å²) in [6, 6.07) is 6.19. The zero-order valence-corrected chi connectivity index (χ0v) is 16.4. The molecule has 1 saturated heterocycles. The van der Waals surface area contributed by atoms with E-state index >= 15 is 0 Å². The van der Waals surface area contributed by atoms with Crippen molar-refractivity contribution in [1.82, 2.24) is 4.98 Å². The molecule has 25 heavy (non-hydrogen) atoms. The lowest BCUT2D eigenvalue weighted by atomic mass is 9.65. The molecule has 2 N–H and O–H groups in total. The molecule has 0 amide bonds. The van der Waals surface area contributed by atoms with E-state index in [2.05, 4.69) is 25.8 Å². The van der Waals surface area contributed by atoms with Crippen LogP contribution in [0.25, 0.3) is 10.9 Å². The van der Waals surface area contributed by atoms with E-state index in [9.17, 15) is 4.79 Å². The van der Waals surface area contributed by atoms with Crippen LogP contribution >= 0.6 is 11.6 Å². The highest BCUT2D eigenvalue weighted by atomic mass is 35.5. The molecule has 2 aliphatic rings. The van der Waals surface area contributed by atoms with Gasteiger partial charge in [0.1, 0.15) is 6.54 Å². The van der Waals surface area contributed by atoms with E-state index in [1.165, 1.54) is 25.8 Å². The van der Waals surface area contributed by atoms with Gasteiger partial charge in [0, 0.05) is 39.9 Å². The van der Waals surface area contributed by atoms with E-state index < -0.39 is 0 Å². The maximum absolute atomic E-state index is 13.1. The molecule has 3 nitrogen and oxygen atoms in total. The number of aryl methyl sites for hydroxylation is 1. The van der Waals surface area contributed by atoms with E-state index in [4.69, 9.17) is 11.6 Å². The van der Waals surface area contributed by atoms with E-state index in [1.807, 2.05) is 19.1 Å². The normalized spacial score (nSPS) is 30.8. The number of likely N-dealkylation sites (tertiary alicyclic amines) is 1. The van der Waals surface area contributed by atoms with Gasteiger partial charge < -0.3 is 9.88 Å². The van der Waals surface area contributed by atoms with Gasteiger partial charge in [0.2, 0.25) is 0 Å². The fraction of sp³-hybridized carbons (Fsp3) is 0.571. The standard InChI is InChI=1S/C21H27ClN2O/c1-13-17(19(25)16-7-14(22)5-6-18(16)23-13)10-24-12-21(4)9-15(24)8-20(2,3)11-21/h5-7,15H,8-12H2,1-4H3,(H,23,25)/p+1. The van der Waals surface area contributed by atoms with Crippen molar-refractivity contribution in [2.24, 2.45) is 10.8 Å². The summed E-state index contributed by atoms with van der Waals surface area (Å²) in [5.74, 6) is 0. The molecule has 134 valence electrons. The van der Waals surface area contributed by atoms with Gasteiger partial charge >= 0.3 is 0 Å². The molecule has 1 saturated carbocycles. The van der Waals surface area contributed by atoms with E-state index in [0.29, 0.717) is 27.3 Å². The molecule has 1 aromatic heterocycles. The Morgan fingerprint density at radius 1 is 1.28 bits per heavy atom. The average molecular weight is 360 g/mol. The Hall–Kier alpha value is -1.32. The SMILES string of the molecule is Cc1[nH]c2ccc(Cl)cc2c(=O)c1C[NH+]1CC2(C)CC1CC(C)(C)C2. The fourth-order valence-corrected chi connectivity index (χ4v) is 5.99. The summed E-state index contributed by atoms with van der Waals surface area (Å²) in [6.07, 6.45) is 3.85. The van der Waals surface area contributed by atoms with Gasteiger partial charge in [0.25, 0.3) is 0 Å². The summed E-state index contributed by atoms with van der Waals surface area (Å²) >= 11 is 6.12. The van der Waals surface area contributed by atoms with Crippen molar-refractivity contribution in [3.05, 3.63) is 44.7 Å².